The number of carbonyl (C=O) groups is 1. The van der Waals surface area contributed by atoms with Crippen LogP contribution in [0.1, 0.15) is 34.3 Å². The van der Waals surface area contributed by atoms with E-state index in [1.165, 1.54) is 5.56 Å². The average Bonchev–Trinajstić information content (AvgIpc) is 3.32. The fourth-order valence-corrected chi connectivity index (χ4v) is 4.73. The van der Waals surface area contributed by atoms with Gasteiger partial charge in [-0.25, -0.2) is 0 Å². The molecule has 0 bridgehead atoms. The highest BCUT2D eigenvalue weighted by atomic mass is 32.1. The highest BCUT2D eigenvalue weighted by Gasteiger charge is 2.35. The Hall–Kier alpha value is -2.18. The molecule has 0 aliphatic carbocycles. The monoisotopic (exact) mass is 368 g/mol. The molecular weight excluding hydrogens is 344 g/mol. The average molecular weight is 369 g/mol. The summed E-state index contributed by atoms with van der Waals surface area (Å²) in [5.74, 6) is 0.119. The van der Waals surface area contributed by atoms with Crippen LogP contribution >= 0.6 is 11.3 Å². The fourth-order valence-electron chi connectivity index (χ4n) is 3.60. The number of rotatable bonds is 4. The normalized spacial score (nSPS) is 20.2. The van der Waals surface area contributed by atoms with Crippen molar-refractivity contribution in [1.82, 2.24) is 14.7 Å². The van der Waals surface area contributed by atoms with Gasteiger partial charge in [0, 0.05) is 18.5 Å². The van der Waals surface area contributed by atoms with Gasteiger partial charge in [0.1, 0.15) is 4.83 Å². The van der Waals surface area contributed by atoms with E-state index in [1.54, 1.807) is 11.3 Å². The molecule has 1 amide bonds. The zero-order chi connectivity index (χ0) is 18.3. The number of aryl methyl sites for hydroxylation is 1. The van der Waals surface area contributed by atoms with Crippen LogP contribution in [0.2, 0.25) is 0 Å². The number of hydrogen-bond donors (Lipinski definition) is 1. The summed E-state index contributed by atoms with van der Waals surface area (Å²) < 4.78 is 2.01. The van der Waals surface area contributed by atoms with Crippen molar-refractivity contribution in [2.24, 2.45) is 11.1 Å². The Kier molecular flexibility index (Phi) is 4.32. The number of thiophene rings is 1. The lowest BCUT2D eigenvalue weighted by molar-refractivity contribution is 0.0782. The summed E-state index contributed by atoms with van der Waals surface area (Å²) in [4.78, 5) is 16.8. The first-order valence-corrected chi connectivity index (χ1v) is 9.81. The molecule has 2 aromatic heterocycles. The first-order chi connectivity index (χ1) is 12.5. The van der Waals surface area contributed by atoms with E-state index in [1.807, 2.05) is 40.8 Å². The highest BCUT2D eigenvalue weighted by molar-refractivity contribution is 7.20. The second-order valence-electron chi connectivity index (χ2n) is 7.55. The van der Waals surface area contributed by atoms with E-state index in [0.717, 1.165) is 40.3 Å². The third-order valence-electron chi connectivity index (χ3n) is 5.33. The Balaban J connectivity index is 1.62. The largest absolute Gasteiger partial charge is 0.337 e. The van der Waals surface area contributed by atoms with Gasteiger partial charge in [0.15, 0.2) is 0 Å². The van der Waals surface area contributed by atoms with Crippen LogP contribution < -0.4 is 5.73 Å². The van der Waals surface area contributed by atoms with Crippen LogP contribution in [0.15, 0.2) is 36.4 Å². The summed E-state index contributed by atoms with van der Waals surface area (Å²) in [5.41, 5.74) is 8.10. The number of aromatic nitrogens is 2. The van der Waals surface area contributed by atoms with Crippen LogP contribution in [0.4, 0.5) is 0 Å². The number of nitrogens with zero attached hydrogens (tertiary/aromatic N) is 3. The Morgan fingerprint density at radius 3 is 2.81 bits per heavy atom. The van der Waals surface area contributed by atoms with E-state index in [9.17, 15) is 4.79 Å². The number of likely N-dealkylation sites (tertiary alicyclic amines) is 1. The first kappa shape index (κ1) is 17.2. The van der Waals surface area contributed by atoms with Crippen molar-refractivity contribution in [3.63, 3.8) is 0 Å². The van der Waals surface area contributed by atoms with Gasteiger partial charge >= 0.3 is 0 Å². The number of benzene rings is 1. The van der Waals surface area contributed by atoms with Crippen LogP contribution in [-0.4, -0.2) is 40.2 Å². The number of nitrogens with two attached hydrogens (primary N) is 1. The van der Waals surface area contributed by atoms with E-state index in [-0.39, 0.29) is 11.3 Å². The van der Waals surface area contributed by atoms with Crippen LogP contribution in [0, 0.1) is 12.3 Å². The SMILES string of the molecule is Cc1nn(Cc2ccccc2)c2sc(C(=O)N3CCC(C)(CN)C3)cc12. The van der Waals surface area contributed by atoms with Gasteiger partial charge in [0.05, 0.1) is 17.1 Å². The second kappa shape index (κ2) is 6.52. The third kappa shape index (κ3) is 3.04. The molecule has 4 rings (SSSR count). The Morgan fingerprint density at radius 1 is 1.35 bits per heavy atom. The summed E-state index contributed by atoms with van der Waals surface area (Å²) in [6.07, 6.45) is 0.973. The van der Waals surface area contributed by atoms with Gasteiger partial charge in [-0.05, 0) is 36.9 Å². The van der Waals surface area contributed by atoms with Gasteiger partial charge in [0.25, 0.3) is 5.91 Å². The Labute approximate surface area is 157 Å². The molecule has 1 atom stereocenters. The summed E-state index contributed by atoms with van der Waals surface area (Å²) in [6, 6.07) is 12.3. The first-order valence-electron chi connectivity index (χ1n) is 8.99. The van der Waals surface area contributed by atoms with Gasteiger partial charge in [-0.2, -0.15) is 5.10 Å². The van der Waals surface area contributed by atoms with Crippen molar-refractivity contribution in [2.75, 3.05) is 19.6 Å². The minimum atomic E-state index is 0.0480. The summed E-state index contributed by atoms with van der Waals surface area (Å²) >= 11 is 1.54. The quantitative estimate of drug-likeness (QED) is 0.769. The fraction of sp³-hybridized carbons (Fsp3) is 0.400. The maximum atomic E-state index is 13.0. The standard InChI is InChI=1S/C20H24N4OS/c1-14-16-10-17(18(25)23-9-8-20(2,12-21)13-23)26-19(16)24(22-14)11-15-6-4-3-5-7-15/h3-7,10H,8-9,11-13,21H2,1-2H3. The lowest BCUT2D eigenvalue weighted by atomic mass is 9.90. The number of carbonyl (C=O) groups excluding carboxylic acids is 1. The topological polar surface area (TPSA) is 64.2 Å². The molecule has 26 heavy (non-hydrogen) atoms. The lowest BCUT2D eigenvalue weighted by Crippen LogP contribution is -2.34. The molecule has 1 saturated heterocycles. The summed E-state index contributed by atoms with van der Waals surface area (Å²) in [5, 5.41) is 5.74. The van der Waals surface area contributed by atoms with Crippen molar-refractivity contribution >= 4 is 27.5 Å². The van der Waals surface area contributed by atoms with E-state index in [0.29, 0.717) is 13.1 Å². The van der Waals surface area contributed by atoms with Crippen molar-refractivity contribution in [3.8, 4) is 0 Å². The summed E-state index contributed by atoms with van der Waals surface area (Å²) in [6.45, 7) is 7.03. The highest BCUT2D eigenvalue weighted by Crippen LogP contribution is 2.33. The van der Waals surface area contributed by atoms with Gasteiger partial charge in [-0.15, -0.1) is 11.3 Å². The second-order valence-corrected chi connectivity index (χ2v) is 8.58. The minimum absolute atomic E-state index is 0.0480. The van der Waals surface area contributed by atoms with Gasteiger partial charge in [-0.3, -0.25) is 9.48 Å². The number of hydrogen-bond acceptors (Lipinski definition) is 4. The Morgan fingerprint density at radius 2 is 2.12 bits per heavy atom. The van der Waals surface area contributed by atoms with Crippen molar-refractivity contribution < 1.29 is 4.79 Å². The van der Waals surface area contributed by atoms with E-state index >= 15 is 0 Å². The zero-order valence-corrected chi connectivity index (χ0v) is 16.1. The maximum Gasteiger partial charge on any atom is 0.264 e. The molecule has 1 aliphatic rings. The van der Waals surface area contributed by atoms with Crippen molar-refractivity contribution in [1.29, 1.82) is 0 Å². The zero-order valence-electron chi connectivity index (χ0n) is 15.2. The van der Waals surface area contributed by atoms with Crippen LogP contribution in [0.25, 0.3) is 10.2 Å². The molecule has 1 aliphatic heterocycles. The number of fused-ring (bicyclic) bond motifs is 1. The van der Waals surface area contributed by atoms with Crippen LogP contribution in [-0.2, 0) is 6.54 Å². The number of amides is 1. The maximum absolute atomic E-state index is 13.0. The molecule has 1 aromatic carbocycles. The van der Waals surface area contributed by atoms with Crippen molar-refractivity contribution in [2.45, 2.75) is 26.8 Å². The van der Waals surface area contributed by atoms with Crippen LogP contribution in [0.3, 0.4) is 0 Å². The predicted molar refractivity (Wildman–Crippen MR) is 106 cm³/mol. The van der Waals surface area contributed by atoms with Crippen molar-refractivity contribution in [3.05, 3.63) is 52.5 Å². The van der Waals surface area contributed by atoms with E-state index in [4.69, 9.17) is 5.73 Å². The van der Waals surface area contributed by atoms with Gasteiger partial charge in [-0.1, -0.05) is 37.3 Å². The van der Waals surface area contributed by atoms with E-state index in [2.05, 4.69) is 24.2 Å². The molecule has 0 radical (unpaired) electrons. The lowest BCUT2D eigenvalue weighted by Gasteiger charge is -2.22. The molecular formula is C20H24N4OS. The molecule has 6 heteroatoms. The summed E-state index contributed by atoms with van der Waals surface area (Å²) in [7, 11) is 0. The smallest absolute Gasteiger partial charge is 0.264 e. The predicted octanol–water partition coefficient (Wildman–Crippen LogP) is 3.27. The molecule has 1 fully saturated rings. The van der Waals surface area contributed by atoms with Gasteiger partial charge in [0.2, 0.25) is 0 Å². The molecule has 0 spiro atoms. The molecule has 3 heterocycles. The molecule has 136 valence electrons. The molecule has 0 saturated carbocycles. The minimum Gasteiger partial charge on any atom is -0.337 e. The van der Waals surface area contributed by atoms with Gasteiger partial charge < -0.3 is 10.6 Å². The Bertz CT molecular complexity index is 946. The molecule has 5 nitrogen and oxygen atoms in total. The molecule has 1 unspecified atom stereocenters. The third-order valence-corrected chi connectivity index (χ3v) is 6.47. The molecule has 3 aromatic rings. The van der Waals surface area contributed by atoms with E-state index < -0.39 is 0 Å². The van der Waals surface area contributed by atoms with Crippen LogP contribution in [0.5, 0.6) is 0 Å². The molecule has 2 N–H and O–H groups in total.